The molecule has 2 aromatic rings. The molecule has 0 saturated heterocycles. The van der Waals surface area contributed by atoms with Gasteiger partial charge in [-0.3, -0.25) is 9.71 Å². The number of rotatable bonds is 3. The number of carbonyl (C=O) groups excluding carboxylic acids is 1. The van der Waals surface area contributed by atoms with E-state index in [1.54, 1.807) is 42.6 Å². The van der Waals surface area contributed by atoms with Gasteiger partial charge in [0, 0.05) is 16.8 Å². The van der Waals surface area contributed by atoms with Gasteiger partial charge in [-0.25, -0.2) is 9.00 Å². The molecule has 0 fully saturated rings. The van der Waals surface area contributed by atoms with Crippen LogP contribution in [0.4, 0.5) is 16.2 Å². The minimum absolute atomic E-state index is 0.396. The van der Waals surface area contributed by atoms with E-state index in [1.807, 2.05) is 0 Å². The molecule has 0 bridgehead atoms. The van der Waals surface area contributed by atoms with Crippen LogP contribution in [0.25, 0.3) is 0 Å². The van der Waals surface area contributed by atoms with Gasteiger partial charge in [0.15, 0.2) is 0 Å². The van der Waals surface area contributed by atoms with Gasteiger partial charge in [-0.05, 0) is 42.3 Å². The summed E-state index contributed by atoms with van der Waals surface area (Å²) in [6, 6.07) is 9.05. The zero-order valence-electron chi connectivity index (χ0n) is 10.6. The Morgan fingerprint density at radius 1 is 1.25 bits per heavy atom. The van der Waals surface area contributed by atoms with Crippen LogP contribution in [0.15, 0.2) is 53.7 Å². The number of hydrogen-bond acceptors (Lipinski definition) is 4. The fourth-order valence-electron chi connectivity index (χ4n) is 1.49. The Morgan fingerprint density at radius 2 is 1.95 bits per heavy atom. The van der Waals surface area contributed by atoms with E-state index in [0.29, 0.717) is 16.3 Å². The van der Waals surface area contributed by atoms with Crippen LogP contribution in [-0.4, -0.2) is 21.1 Å². The zero-order chi connectivity index (χ0) is 14.6. The number of pyridine rings is 1. The Labute approximate surface area is 117 Å². The van der Waals surface area contributed by atoms with Crippen LogP contribution < -0.4 is 15.8 Å². The average molecular weight is 290 g/mol. The highest BCUT2D eigenvalue weighted by Crippen LogP contribution is 2.11. The maximum absolute atomic E-state index is 12.4. The summed E-state index contributed by atoms with van der Waals surface area (Å²) in [6.07, 6.45) is 3.07. The van der Waals surface area contributed by atoms with Crippen molar-refractivity contribution < 1.29 is 9.00 Å². The van der Waals surface area contributed by atoms with Gasteiger partial charge >= 0.3 is 6.03 Å². The molecule has 0 aliphatic heterocycles. The first-order valence-electron chi connectivity index (χ1n) is 5.69. The van der Waals surface area contributed by atoms with E-state index in [2.05, 4.69) is 20.9 Å². The molecule has 1 aromatic heterocycles. The largest absolute Gasteiger partial charge is 0.399 e. The molecule has 4 N–H and O–H groups in total. The average Bonchev–Trinajstić information content (AvgIpc) is 2.39. The second-order valence-corrected chi connectivity index (χ2v) is 6.07. The number of nitrogens with two attached hydrogens (primary N) is 1. The van der Waals surface area contributed by atoms with Crippen LogP contribution in [0.1, 0.15) is 0 Å². The lowest BCUT2D eigenvalue weighted by molar-refractivity contribution is 0.257. The van der Waals surface area contributed by atoms with E-state index in [-0.39, 0.29) is 0 Å². The van der Waals surface area contributed by atoms with Gasteiger partial charge in [0.05, 0.1) is 21.6 Å². The highest BCUT2D eigenvalue weighted by Gasteiger charge is 2.11. The highest BCUT2D eigenvalue weighted by molar-refractivity contribution is 7.99. The lowest BCUT2D eigenvalue weighted by Crippen LogP contribution is -2.34. The van der Waals surface area contributed by atoms with Crippen molar-refractivity contribution in [1.29, 1.82) is 0 Å². The summed E-state index contributed by atoms with van der Waals surface area (Å²) >= 11 is 0. The standard InChI is InChI=1S/C13H14N4O2S/c1-20(19,12-6-4-10(14)5-7-12)17-13(18)16-11-3-2-8-15-9-11/h2-9H,1,14H2,(H2,16,17,18,19). The summed E-state index contributed by atoms with van der Waals surface area (Å²) in [5.74, 6) is 3.55. The van der Waals surface area contributed by atoms with E-state index in [4.69, 9.17) is 5.73 Å². The number of nitrogens with zero attached hydrogens (tertiary/aromatic N) is 1. The van der Waals surface area contributed by atoms with Crippen molar-refractivity contribution in [1.82, 2.24) is 9.71 Å². The van der Waals surface area contributed by atoms with E-state index in [1.165, 1.54) is 6.20 Å². The summed E-state index contributed by atoms with van der Waals surface area (Å²) in [5, 5.41) is 2.52. The summed E-state index contributed by atoms with van der Waals surface area (Å²) in [7, 11) is -2.93. The molecule has 1 heterocycles. The fourth-order valence-corrected chi connectivity index (χ4v) is 2.53. The summed E-state index contributed by atoms with van der Waals surface area (Å²) in [6.45, 7) is 0. The van der Waals surface area contributed by atoms with Crippen molar-refractivity contribution >= 4 is 33.0 Å². The fraction of sp³-hybridized carbons (Fsp3) is 0. The minimum Gasteiger partial charge on any atom is -0.399 e. The van der Waals surface area contributed by atoms with Gasteiger partial charge in [0.25, 0.3) is 0 Å². The first-order chi connectivity index (χ1) is 9.47. The van der Waals surface area contributed by atoms with Crippen molar-refractivity contribution in [2.75, 3.05) is 11.1 Å². The number of benzene rings is 1. The third-order valence-electron chi connectivity index (χ3n) is 2.44. The second kappa shape index (κ2) is 5.62. The molecule has 1 unspecified atom stereocenters. The van der Waals surface area contributed by atoms with E-state index in [0.717, 1.165) is 0 Å². The first-order valence-corrected chi connectivity index (χ1v) is 7.42. The molecule has 0 aliphatic rings. The molecule has 0 aliphatic carbocycles. The third-order valence-corrected chi connectivity index (χ3v) is 3.99. The maximum atomic E-state index is 12.4. The van der Waals surface area contributed by atoms with E-state index in [9.17, 15) is 9.00 Å². The van der Waals surface area contributed by atoms with Crippen molar-refractivity contribution in [2.45, 2.75) is 4.90 Å². The number of urea groups is 1. The molecule has 1 atom stereocenters. The van der Waals surface area contributed by atoms with Crippen LogP contribution in [0.5, 0.6) is 0 Å². The predicted octanol–water partition coefficient (Wildman–Crippen LogP) is 1.48. The third kappa shape index (κ3) is 3.48. The Balaban J connectivity index is 2.08. The van der Waals surface area contributed by atoms with Crippen LogP contribution in [-0.2, 0) is 9.71 Å². The molecule has 2 rings (SSSR count). The number of nitrogens with one attached hydrogen (secondary N) is 2. The summed E-state index contributed by atoms with van der Waals surface area (Å²) in [4.78, 5) is 16.0. The van der Waals surface area contributed by atoms with Gasteiger partial charge in [-0.2, -0.15) is 0 Å². The Kier molecular flexibility index (Phi) is 3.90. The quantitative estimate of drug-likeness (QED) is 0.589. The van der Waals surface area contributed by atoms with Gasteiger partial charge in [-0.15, -0.1) is 0 Å². The number of hydrogen-bond donors (Lipinski definition) is 3. The second-order valence-electron chi connectivity index (χ2n) is 4.04. The number of aromatic nitrogens is 1. The molecule has 0 radical (unpaired) electrons. The molecule has 0 spiro atoms. The van der Waals surface area contributed by atoms with Crippen LogP contribution in [0, 0.1) is 0 Å². The number of anilines is 2. The van der Waals surface area contributed by atoms with E-state index >= 15 is 0 Å². The van der Waals surface area contributed by atoms with Gasteiger partial charge in [0.1, 0.15) is 0 Å². The molecule has 2 amide bonds. The predicted molar refractivity (Wildman–Crippen MR) is 80.8 cm³/mol. The van der Waals surface area contributed by atoms with Crippen molar-refractivity contribution in [3.8, 4) is 0 Å². The molecule has 7 heteroatoms. The van der Waals surface area contributed by atoms with Crippen LogP contribution in [0.3, 0.4) is 0 Å². The Bertz CT molecular complexity index is 697. The monoisotopic (exact) mass is 290 g/mol. The minimum atomic E-state index is -2.93. The van der Waals surface area contributed by atoms with Crippen molar-refractivity contribution in [2.24, 2.45) is 0 Å². The molecule has 20 heavy (non-hydrogen) atoms. The van der Waals surface area contributed by atoms with Gasteiger partial charge < -0.3 is 11.1 Å². The normalized spacial score (nSPS) is 13.2. The highest BCUT2D eigenvalue weighted by atomic mass is 32.2. The molecule has 0 saturated carbocycles. The van der Waals surface area contributed by atoms with Crippen LogP contribution >= 0.6 is 0 Å². The van der Waals surface area contributed by atoms with E-state index < -0.39 is 15.7 Å². The molecule has 6 nitrogen and oxygen atoms in total. The lowest BCUT2D eigenvalue weighted by Gasteiger charge is -2.12. The zero-order valence-corrected chi connectivity index (χ0v) is 11.4. The summed E-state index contributed by atoms with van der Waals surface area (Å²) < 4.78 is 14.7. The number of amides is 2. The number of nitrogen functional groups attached to an aromatic ring is 1. The Morgan fingerprint density at radius 3 is 2.55 bits per heavy atom. The molecule has 104 valence electrons. The molecule has 1 aromatic carbocycles. The van der Waals surface area contributed by atoms with Crippen molar-refractivity contribution in [3.05, 3.63) is 48.8 Å². The smallest absolute Gasteiger partial charge is 0.330 e. The topological polar surface area (TPSA) is 97.1 Å². The Hall–Kier alpha value is -2.54. The maximum Gasteiger partial charge on any atom is 0.330 e. The number of carbonyl (C=O) groups is 1. The van der Waals surface area contributed by atoms with Gasteiger partial charge in [0.2, 0.25) is 0 Å². The van der Waals surface area contributed by atoms with Crippen LogP contribution in [0.2, 0.25) is 0 Å². The molecular weight excluding hydrogens is 276 g/mol. The first kappa shape index (κ1) is 13.9. The van der Waals surface area contributed by atoms with Gasteiger partial charge in [-0.1, -0.05) is 0 Å². The lowest BCUT2D eigenvalue weighted by atomic mass is 10.3. The summed E-state index contributed by atoms with van der Waals surface area (Å²) in [5.41, 5.74) is 6.60. The van der Waals surface area contributed by atoms with Crippen molar-refractivity contribution in [3.63, 3.8) is 0 Å². The molecular formula is C13H14N4O2S. The SMILES string of the molecule is C=S(=O)(NC(=O)Nc1cccnc1)c1ccc(N)cc1.